The number of anilines is 6. The number of pyridine rings is 2. The lowest BCUT2D eigenvalue weighted by atomic mass is 9.65. The summed E-state index contributed by atoms with van der Waals surface area (Å²) in [6, 6.07) is 143. The predicted molar refractivity (Wildman–Crippen MR) is 510 cm³/mol. The lowest BCUT2D eigenvalue weighted by molar-refractivity contribution is 0.346. The maximum Gasteiger partial charge on any atom is 0.0974 e. The van der Waals surface area contributed by atoms with E-state index < -0.39 is 0 Å². The topological polar surface area (TPSA) is 32.3 Å². The van der Waals surface area contributed by atoms with Crippen molar-refractivity contribution in [1.29, 1.82) is 0 Å². The van der Waals surface area contributed by atoms with Gasteiger partial charge in [0, 0.05) is 61.7 Å². The van der Waals surface area contributed by atoms with Gasteiger partial charge in [0.05, 0.1) is 11.0 Å². The molecule has 0 unspecified atom stereocenters. The molecule has 576 valence electrons. The Kier molecular flexibility index (Phi) is 24.3. The standard InChI is InChI=1S/C45H42N2.C42H32.C28H22N2/c1-3-36-19-27-42(28-20-36)47(40-15-9-5-10-16-40)44-31-23-38(24-32-44)45(33-11-6-12-34-45)37-21-29-43(30-22-37)46(39-13-7-4-8-14-39)41-25-17-35(2)18-26-41;1-2-32-18-28-40(29-19-32)42(39-16-10-5-11-17-39)31-34-22-26-36(27-23-34)35-24-20-33(21-25-35)30-41(37-12-6-3-7-13-37)38-14-8-4-9-15-38;1-4-20-10-12-22(13-11-20)26-17-19(3)30-28-24(26)15-14-23-25(16-18(2)29-27(23)28)21-8-6-5-7-9-21/h3-5,7-10,13-32H,1,6,11-12,33-34H2,2H3;2-31H,1H2;4-17H,1H2,2-3H3/b;42-31+;. The molecule has 15 aromatic carbocycles. The molecule has 1 fully saturated rings. The highest BCUT2D eigenvalue weighted by atomic mass is 15.1. The van der Waals surface area contributed by atoms with Gasteiger partial charge in [-0.25, -0.2) is 0 Å². The van der Waals surface area contributed by atoms with Gasteiger partial charge in [-0.15, -0.1) is 0 Å². The van der Waals surface area contributed by atoms with Crippen LogP contribution < -0.4 is 9.80 Å². The summed E-state index contributed by atoms with van der Waals surface area (Å²) >= 11 is 0. The van der Waals surface area contributed by atoms with E-state index >= 15 is 0 Å². The van der Waals surface area contributed by atoms with Crippen molar-refractivity contribution < 1.29 is 0 Å². The van der Waals surface area contributed by atoms with Crippen LogP contribution >= 0.6 is 0 Å². The zero-order valence-corrected chi connectivity index (χ0v) is 67.9. The predicted octanol–water partition coefficient (Wildman–Crippen LogP) is 31.4. The summed E-state index contributed by atoms with van der Waals surface area (Å²) in [7, 11) is 0. The second-order valence-electron chi connectivity index (χ2n) is 30.7. The molecule has 2 aromatic heterocycles. The Labute approximate surface area is 702 Å². The fourth-order valence-electron chi connectivity index (χ4n) is 16.6. The minimum atomic E-state index is -0.0000677. The molecule has 0 saturated heterocycles. The average Bonchev–Trinajstić information content (AvgIpc) is 0.748. The van der Waals surface area contributed by atoms with E-state index in [0.717, 1.165) is 85.5 Å². The Morgan fingerprint density at radius 2 is 0.563 bits per heavy atom. The number of aryl methyl sites for hydroxylation is 3. The molecule has 0 atom stereocenters. The quantitative estimate of drug-likeness (QED) is 0.0562. The van der Waals surface area contributed by atoms with Crippen LogP contribution in [0.15, 0.2) is 420 Å². The summed E-state index contributed by atoms with van der Waals surface area (Å²) < 4.78 is 0. The monoisotopic (exact) mass is 1530 g/mol. The number of nitrogens with zero attached hydrogens (tertiary/aromatic N) is 4. The Morgan fingerprint density at radius 1 is 0.277 bits per heavy atom. The van der Waals surface area contributed by atoms with Crippen molar-refractivity contribution in [2.75, 3.05) is 9.80 Å². The third kappa shape index (κ3) is 18.1. The number of benzene rings is 15. The van der Waals surface area contributed by atoms with E-state index in [2.05, 4.69) is 450 Å². The van der Waals surface area contributed by atoms with Gasteiger partial charge >= 0.3 is 0 Å². The van der Waals surface area contributed by atoms with Crippen molar-refractivity contribution >= 4 is 97.5 Å². The summed E-state index contributed by atoms with van der Waals surface area (Å²) in [5, 5.41) is 2.25. The van der Waals surface area contributed by atoms with Crippen LogP contribution in [0.2, 0.25) is 0 Å². The van der Waals surface area contributed by atoms with Gasteiger partial charge in [0.25, 0.3) is 0 Å². The number of fused-ring (bicyclic) bond motifs is 3. The molecule has 1 aliphatic rings. The molecule has 119 heavy (non-hydrogen) atoms. The zero-order valence-electron chi connectivity index (χ0n) is 67.9. The van der Waals surface area contributed by atoms with Crippen LogP contribution in [-0.2, 0) is 5.41 Å². The first-order chi connectivity index (χ1) is 58.5. The van der Waals surface area contributed by atoms with E-state index in [1.165, 1.54) is 125 Å². The van der Waals surface area contributed by atoms with Crippen LogP contribution in [0.3, 0.4) is 0 Å². The minimum Gasteiger partial charge on any atom is -0.311 e. The first-order valence-corrected chi connectivity index (χ1v) is 41.3. The molecule has 0 radical (unpaired) electrons. The smallest absolute Gasteiger partial charge is 0.0974 e. The largest absolute Gasteiger partial charge is 0.311 e. The lowest BCUT2D eigenvalue weighted by Gasteiger charge is -2.39. The molecule has 18 rings (SSSR count). The molecule has 1 saturated carbocycles. The number of rotatable bonds is 20. The third-order valence-electron chi connectivity index (χ3n) is 22.8. The van der Waals surface area contributed by atoms with Gasteiger partial charge in [-0.2, -0.15) is 0 Å². The fourth-order valence-corrected chi connectivity index (χ4v) is 16.6. The van der Waals surface area contributed by atoms with E-state index in [4.69, 9.17) is 9.97 Å². The molecule has 17 aromatic rings. The summed E-state index contributed by atoms with van der Waals surface area (Å²) in [5.74, 6) is 0. The van der Waals surface area contributed by atoms with Crippen molar-refractivity contribution in [2.45, 2.75) is 58.3 Å². The van der Waals surface area contributed by atoms with Crippen molar-refractivity contribution in [3.63, 3.8) is 0 Å². The number of hydrogen-bond acceptors (Lipinski definition) is 4. The van der Waals surface area contributed by atoms with Crippen LogP contribution in [0.5, 0.6) is 0 Å². The van der Waals surface area contributed by atoms with Crippen molar-refractivity contribution in [3.05, 3.63) is 498 Å². The highest BCUT2D eigenvalue weighted by Crippen LogP contribution is 2.48. The molecule has 2 heterocycles. The van der Waals surface area contributed by atoms with Gasteiger partial charge in [-0.3, -0.25) is 9.97 Å². The van der Waals surface area contributed by atoms with Gasteiger partial charge in [0.2, 0.25) is 0 Å². The zero-order chi connectivity index (χ0) is 81.3. The Hall–Kier alpha value is -14.6. The molecule has 0 amide bonds. The minimum absolute atomic E-state index is 0.0000677. The van der Waals surface area contributed by atoms with Gasteiger partial charge in [-0.1, -0.05) is 378 Å². The Bertz CT molecular complexity index is 6300. The van der Waals surface area contributed by atoms with Gasteiger partial charge < -0.3 is 9.80 Å². The van der Waals surface area contributed by atoms with Crippen LogP contribution in [0.25, 0.3) is 96.7 Å². The SMILES string of the molecule is C=Cc1ccc(-c2cc(C)nc3c2ccc2c(-c4ccccc4)cc(C)nc23)cc1.C=Cc1ccc(/C(=C/c2ccc(-c3ccc(C=C(c4ccccc4)c4ccccc4)cc3)cc2)c2ccccc2)cc1.C=Cc1ccc(N(c2ccccc2)c2ccc(C3(c4ccc(N(c5ccccc5)c5ccc(C)cc5)cc4)CCCCC3)cc2)cc1. The first-order valence-electron chi connectivity index (χ1n) is 41.3. The maximum absolute atomic E-state index is 4.92. The Morgan fingerprint density at radius 3 is 0.933 bits per heavy atom. The molecule has 0 spiro atoms. The molecular formula is C115H96N4. The Balaban J connectivity index is 0.000000136. The lowest BCUT2D eigenvalue weighted by Crippen LogP contribution is -2.30. The molecule has 0 N–H and O–H groups in total. The van der Waals surface area contributed by atoms with Crippen LogP contribution in [0.1, 0.15) is 110 Å². The molecule has 1 aliphatic carbocycles. The molecular weight excluding hydrogens is 1440 g/mol. The van der Waals surface area contributed by atoms with E-state index in [0.29, 0.717) is 0 Å². The van der Waals surface area contributed by atoms with E-state index in [9.17, 15) is 0 Å². The maximum atomic E-state index is 4.92. The van der Waals surface area contributed by atoms with Crippen LogP contribution in [0.4, 0.5) is 34.1 Å². The summed E-state index contributed by atoms with van der Waals surface area (Å²) in [6.07, 6.45) is 16.3. The molecule has 4 nitrogen and oxygen atoms in total. The highest BCUT2D eigenvalue weighted by molar-refractivity contribution is 6.12. The molecule has 0 aliphatic heterocycles. The first kappa shape index (κ1) is 78.3. The summed E-state index contributed by atoms with van der Waals surface area (Å²) in [5.41, 5.74) is 35.0. The van der Waals surface area contributed by atoms with Crippen molar-refractivity contribution in [1.82, 2.24) is 9.97 Å². The molecule has 0 bridgehead atoms. The number of aromatic nitrogens is 2. The van der Waals surface area contributed by atoms with E-state index in [-0.39, 0.29) is 5.41 Å². The van der Waals surface area contributed by atoms with Gasteiger partial charge in [0.15, 0.2) is 0 Å². The van der Waals surface area contributed by atoms with E-state index in [1.807, 2.05) is 31.2 Å². The van der Waals surface area contributed by atoms with E-state index in [1.54, 1.807) is 0 Å². The second-order valence-corrected chi connectivity index (χ2v) is 30.7. The van der Waals surface area contributed by atoms with Gasteiger partial charge in [-0.05, 0) is 236 Å². The van der Waals surface area contributed by atoms with Crippen LogP contribution in [0, 0.1) is 20.8 Å². The fraction of sp³-hybridized carbons (Fsp3) is 0.0783. The normalized spacial score (nSPS) is 12.2. The second kappa shape index (κ2) is 36.9. The average molecular weight is 1530 g/mol. The van der Waals surface area contributed by atoms with Crippen LogP contribution in [-0.4, -0.2) is 9.97 Å². The molecule has 4 heteroatoms. The number of hydrogen-bond donors (Lipinski definition) is 0. The van der Waals surface area contributed by atoms with Crippen molar-refractivity contribution in [2.24, 2.45) is 0 Å². The van der Waals surface area contributed by atoms with Gasteiger partial charge in [0.1, 0.15) is 0 Å². The summed E-state index contributed by atoms with van der Waals surface area (Å²) in [6.45, 7) is 17.9. The third-order valence-corrected chi connectivity index (χ3v) is 22.8. The highest BCUT2D eigenvalue weighted by Gasteiger charge is 2.36. The number of para-hydroxylation sites is 2. The summed E-state index contributed by atoms with van der Waals surface area (Å²) in [4.78, 5) is 14.5. The van der Waals surface area contributed by atoms with Crippen molar-refractivity contribution in [3.8, 4) is 33.4 Å².